The van der Waals surface area contributed by atoms with E-state index in [4.69, 9.17) is 18.8 Å². The average molecular weight is 415 g/mol. The Labute approximate surface area is 164 Å². The third kappa shape index (κ3) is 5.42. The van der Waals surface area contributed by atoms with Gasteiger partial charge < -0.3 is 14.7 Å². The van der Waals surface area contributed by atoms with Crippen molar-refractivity contribution < 1.29 is 26.7 Å². The van der Waals surface area contributed by atoms with Gasteiger partial charge >= 0.3 is 0 Å². The summed E-state index contributed by atoms with van der Waals surface area (Å²) in [4.78, 5) is 28.2. The fourth-order valence-corrected chi connectivity index (χ4v) is 2.44. The largest absolute Gasteiger partial charge is 0.472 e. The molecule has 0 aliphatic carbocycles. The highest BCUT2D eigenvalue weighted by atomic mass is 32.2. The fraction of sp³-hybridized carbons (Fsp3) is 0.353. The summed E-state index contributed by atoms with van der Waals surface area (Å²) in [6.45, 7) is 1.95. The molecule has 0 bridgehead atoms. The summed E-state index contributed by atoms with van der Waals surface area (Å²) in [5.41, 5.74) is 5.02. The SMILES string of the molecule is CCOSOc1cc(C(N)=O)cnc1-c1ccc(OCC(C)(F)F)n(C)c1=O. The lowest BCUT2D eigenvalue weighted by molar-refractivity contribution is -0.0252. The second-order valence-corrected chi connectivity index (χ2v) is 6.34. The smallest absolute Gasteiger partial charge is 0.278 e. The van der Waals surface area contributed by atoms with Gasteiger partial charge in [0.05, 0.1) is 17.7 Å². The van der Waals surface area contributed by atoms with Crippen LogP contribution in [-0.4, -0.2) is 34.6 Å². The van der Waals surface area contributed by atoms with Crippen LogP contribution in [0.15, 0.2) is 29.2 Å². The number of pyridine rings is 2. The molecule has 0 saturated heterocycles. The molecule has 2 aromatic rings. The van der Waals surface area contributed by atoms with Gasteiger partial charge in [-0.15, -0.1) is 0 Å². The Hall–Kier alpha value is -2.66. The number of amides is 1. The first-order chi connectivity index (χ1) is 13.1. The Morgan fingerprint density at radius 1 is 1.39 bits per heavy atom. The number of alkyl halides is 2. The molecule has 8 nitrogen and oxygen atoms in total. The number of primary amides is 1. The quantitative estimate of drug-likeness (QED) is 0.496. The first kappa shape index (κ1) is 21.6. The lowest BCUT2D eigenvalue weighted by Gasteiger charge is -2.15. The van der Waals surface area contributed by atoms with Crippen molar-refractivity contribution in [2.24, 2.45) is 12.8 Å². The lowest BCUT2D eigenvalue weighted by Crippen LogP contribution is -2.26. The van der Waals surface area contributed by atoms with Crippen molar-refractivity contribution in [2.45, 2.75) is 19.8 Å². The normalized spacial score (nSPS) is 11.3. The Kier molecular flexibility index (Phi) is 6.97. The zero-order chi connectivity index (χ0) is 20.9. The van der Waals surface area contributed by atoms with Crippen LogP contribution in [0.4, 0.5) is 8.78 Å². The van der Waals surface area contributed by atoms with Gasteiger partial charge in [-0.3, -0.25) is 23.3 Å². The van der Waals surface area contributed by atoms with Crippen LogP contribution in [0, 0.1) is 0 Å². The number of carbonyl (C=O) groups is 1. The van der Waals surface area contributed by atoms with E-state index in [2.05, 4.69) is 4.98 Å². The maximum atomic E-state index is 13.0. The van der Waals surface area contributed by atoms with Crippen molar-refractivity contribution in [1.29, 1.82) is 0 Å². The van der Waals surface area contributed by atoms with E-state index in [1.807, 2.05) is 0 Å². The van der Waals surface area contributed by atoms with Crippen LogP contribution in [0.1, 0.15) is 24.2 Å². The van der Waals surface area contributed by atoms with Gasteiger partial charge in [0.15, 0.2) is 18.2 Å². The summed E-state index contributed by atoms with van der Waals surface area (Å²) in [7, 11) is 1.38. The van der Waals surface area contributed by atoms with Crippen molar-refractivity contribution in [1.82, 2.24) is 9.55 Å². The zero-order valence-corrected chi connectivity index (χ0v) is 16.2. The Bertz CT molecular complexity index is 915. The van der Waals surface area contributed by atoms with Crippen LogP contribution in [0.3, 0.4) is 0 Å². The van der Waals surface area contributed by atoms with E-state index < -0.39 is 24.0 Å². The molecule has 0 radical (unpaired) electrons. The molecule has 11 heteroatoms. The molecule has 152 valence electrons. The standard InChI is InChI=1S/C17H19F2N3O5S/c1-4-26-28-27-12-7-10(15(20)23)8-21-14(12)11-5-6-13(22(3)16(11)24)25-9-17(2,18)19/h5-8H,4,9H2,1-3H3,(H2,20,23). The summed E-state index contributed by atoms with van der Waals surface area (Å²) in [6.07, 6.45) is 1.21. The minimum Gasteiger partial charge on any atom is -0.472 e. The number of ether oxygens (including phenoxy) is 1. The van der Waals surface area contributed by atoms with Gasteiger partial charge in [-0.05, 0) is 25.1 Å². The minimum absolute atomic E-state index is 0.0322. The monoisotopic (exact) mass is 415 g/mol. The van der Waals surface area contributed by atoms with E-state index >= 15 is 0 Å². The van der Waals surface area contributed by atoms with Crippen LogP contribution in [0.25, 0.3) is 11.3 Å². The van der Waals surface area contributed by atoms with E-state index in [9.17, 15) is 18.4 Å². The van der Waals surface area contributed by atoms with Gasteiger partial charge in [-0.25, -0.2) is 8.78 Å². The maximum absolute atomic E-state index is 13.0. The molecular weight excluding hydrogens is 396 g/mol. The van der Waals surface area contributed by atoms with E-state index in [0.717, 1.165) is 4.57 Å². The maximum Gasteiger partial charge on any atom is 0.278 e. The number of hydrogen-bond donors (Lipinski definition) is 1. The van der Waals surface area contributed by atoms with Gasteiger partial charge in [-0.1, -0.05) is 0 Å². The molecule has 2 aromatic heterocycles. The minimum atomic E-state index is -3.04. The summed E-state index contributed by atoms with van der Waals surface area (Å²) in [5.74, 6) is -3.71. The summed E-state index contributed by atoms with van der Waals surface area (Å²) in [6, 6.07) is 4.07. The van der Waals surface area contributed by atoms with Gasteiger partial charge in [0.25, 0.3) is 11.5 Å². The number of hydrogen-bond acceptors (Lipinski definition) is 7. The molecule has 28 heavy (non-hydrogen) atoms. The van der Waals surface area contributed by atoms with E-state index in [0.29, 0.717) is 25.9 Å². The van der Waals surface area contributed by atoms with Gasteiger partial charge in [-0.2, -0.15) is 0 Å². The van der Waals surface area contributed by atoms with Crippen LogP contribution in [0.5, 0.6) is 11.6 Å². The van der Waals surface area contributed by atoms with Crippen molar-refractivity contribution >= 4 is 18.2 Å². The molecule has 0 aromatic carbocycles. The first-order valence-electron chi connectivity index (χ1n) is 8.11. The number of nitrogens with zero attached hydrogens (tertiary/aromatic N) is 2. The molecule has 2 N–H and O–H groups in total. The van der Waals surface area contributed by atoms with Crippen molar-refractivity contribution in [3.05, 3.63) is 40.3 Å². The third-order valence-corrected chi connectivity index (χ3v) is 3.99. The first-order valence-corrected chi connectivity index (χ1v) is 8.77. The lowest BCUT2D eigenvalue weighted by atomic mass is 10.1. The van der Waals surface area contributed by atoms with Crippen LogP contribution < -0.4 is 20.2 Å². The number of nitrogens with two attached hydrogens (primary N) is 1. The van der Waals surface area contributed by atoms with Crippen LogP contribution >= 0.6 is 12.3 Å². The highest BCUT2D eigenvalue weighted by molar-refractivity contribution is 7.90. The molecular formula is C17H19F2N3O5S. The summed E-state index contributed by atoms with van der Waals surface area (Å²) >= 11 is 0.651. The second-order valence-electron chi connectivity index (χ2n) is 5.80. The molecule has 0 aliphatic heterocycles. The van der Waals surface area contributed by atoms with Crippen molar-refractivity contribution in [3.8, 4) is 22.9 Å². The fourth-order valence-electron chi connectivity index (χ4n) is 2.10. The molecule has 0 saturated carbocycles. The Balaban J connectivity index is 2.44. The molecule has 0 unspecified atom stereocenters. The summed E-state index contributed by atoms with van der Waals surface area (Å²) in [5, 5.41) is 0. The zero-order valence-electron chi connectivity index (χ0n) is 15.4. The topological polar surface area (TPSA) is 106 Å². The van der Waals surface area contributed by atoms with Crippen molar-refractivity contribution in [3.63, 3.8) is 0 Å². The van der Waals surface area contributed by atoms with E-state index in [1.165, 1.54) is 31.4 Å². The van der Waals surface area contributed by atoms with Gasteiger partial charge in [0.2, 0.25) is 18.2 Å². The van der Waals surface area contributed by atoms with Crippen LogP contribution in [0.2, 0.25) is 0 Å². The second kappa shape index (κ2) is 9.02. The number of aromatic nitrogens is 2. The summed E-state index contributed by atoms with van der Waals surface area (Å²) < 4.78 is 42.5. The molecule has 0 aliphatic rings. The highest BCUT2D eigenvalue weighted by Gasteiger charge is 2.23. The molecule has 2 rings (SSSR count). The number of carbonyl (C=O) groups excluding carboxylic acids is 1. The van der Waals surface area contributed by atoms with E-state index in [1.54, 1.807) is 6.92 Å². The molecule has 0 fully saturated rings. The predicted molar refractivity (Wildman–Crippen MR) is 99.4 cm³/mol. The molecule has 2 heterocycles. The third-order valence-electron chi connectivity index (χ3n) is 3.41. The van der Waals surface area contributed by atoms with Gasteiger partial charge in [0, 0.05) is 20.2 Å². The predicted octanol–water partition coefficient (Wildman–Crippen LogP) is 2.56. The molecule has 1 amide bonds. The van der Waals surface area contributed by atoms with Crippen LogP contribution in [-0.2, 0) is 11.2 Å². The number of rotatable bonds is 9. The highest BCUT2D eigenvalue weighted by Crippen LogP contribution is 2.30. The Morgan fingerprint density at radius 3 is 2.71 bits per heavy atom. The average Bonchev–Trinajstić information content (AvgIpc) is 2.62. The van der Waals surface area contributed by atoms with E-state index in [-0.39, 0.29) is 28.5 Å². The van der Waals surface area contributed by atoms with Crippen molar-refractivity contribution in [2.75, 3.05) is 13.2 Å². The number of halogens is 2. The molecule has 0 spiro atoms. The Morgan fingerprint density at radius 2 is 2.11 bits per heavy atom. The molecule has 0 atom stereocenters. The van der Waals surface area contributed by atoms with Gasteiger partial charge in [0.1, 0.15) is 5.69 Å².